The molecule has 0 aliphatic carbocycles. The molecule has 0 saturated heterocycles. The van der Waals surface area contributed by atoms with Crippen LogP contribution in [-0.4, -0.2) is 38.1 Å². The van der Waals surface area contributed by atoms with Crippen molar-refractivity contribution in [2.24, 2.45) is 0 Å². The van der Waals surface area contributed by atoms with Gasteiger partial charge in [-0.15, -0.1) is 0 Å². The SMILES string of the molecule is COc1ccc(/C=C/C(=O)NC(C)C(=O)NCCCCOc2ccc(F)cc2)cc1. The van der Waals surface area contributed by atoms with Crippen molar-refractivity contribution in [1.82, 2.24) is 10.6 Å². The number of nitrogens with one attached hydrogen (secondary N) is 2. The summed E-state index contributed by atoms with van der Waals surface area (Å²) in [5.74, 6) is 0.452. The second-order valence-corrected chi connectivity index (χ2v) is 6.64. The lowest BCUT2D eigenvalue weighted by molar-refractivity contribution is -0.126. The van der Waals surface area contributed by atoms with Gasteiger partial charge >= 0.3 is 0 Å². The molecular weight excluding hydrogens is 387 g/mol. The number of benzene rings is 2. The van der Waals surface area contributed by atoms with Crippen LogP contribution in [0.5, 0.6) is 11.5 Å². The first-order valence-electron chi connectivity index (χ1n) is 9.76. The monoisotopic (exact) mass is 414 g/mol. The van der Waals surface area contributed by atoms with Crippen LogP contribution in [0.1, 0.15) is 25.3 Å². The van der Waals surface area contributed by atoms with Gasteiger partial charge in [-0.2, -0.15) is 0 Å². The van der Waals surface area contributed by atoms with Crippen LogP contribution in [-0.2, 0) is 9.59 Å². The Bertz CT molecular complexity index is 835. The molecule has 0 aliphatic rings. The minimum absolute atomic E-state index is 0.249. The number of hydrogen-bond acceptors (Lipinski definition) is 4. The van der Waals surface area contributed by atoms with E-state index in [0.29, 0.717) is 18.9 Å². The molecule has 0 spiro atoms. The van der Waals surface area contributed by atoms with Crippen LogP contribution in [0, 0.1) is 5.82 Å². The van der Waals surface area contributed by atoms with Gasteiger partial charge in [-0.1, -0.05) is 12.1 Å². The van der Waals surface area contributed by atoms with Gasteiger partial charge in [0.2, 0.25) is 11.8 Å². The summed E-state index contributed by atoms with van der Waals surface area (Å²) in [6.45, 7) is 2.59. The first-order chi connectivity index (χ1) is 14.5. The summed E-state index contributed by atoms with van der Waals surface area (Å²) in [6.07, 6.45) is 4.52. The first kappa shape index (κ1) is 22.9. The van der Waals surface area contributed by atoms with Crippen LogP contribution in [0.4, 0.5) is 4.39 Å². The van der Waals surface area contributed by atoms with Gasteiger partial charge < -0.3 is 20.1 Å². The third-order valence-corrected chi connectivity index (χ3v) is 4.25. The Hall–Kier alpha value is -3.35. The van der Waals surface area contributed by atoms with E-state index >= 15 is 0 Å². The Morgan fingerprint density at radius 3 is 2.37 bits per heavy atom. The second-order valence-electron chi connectivity index (χ2n) is 6.64. The van der Waals surface area contributed by atoms with Crippen molar-refractivity contribution in [3.63, 3.8) is 0 Å². The minimum atomic E-state index is -0.645. The summed E-state index contributed by atoms with van der Waals surface area (Å²) in [6, 6.07) is 12.5. The van der Waals surface area contributed by atoms with Crippen LogP contribution in [0.3, 0.4) is 0 Å². The average molecular weight is 414 g/mol. The molecule has 0 radical (unpaired) electrons. The van der Waals surface area contributed by atoms with E-state index in [1.807, 2.05) is 12.1 Å². The smallest absolute Gasteiger partial charge is 0.244 e. The van der Waals surface area contributed by atoms with Crippen molar-refractivity contribution in [1.29, 1.82) is 0 Å². The zero-order valence-electron chi connectivity index (χ0n) is 17.2. The number of methoxy groups -OCH3 is 1. The zero-order chi connectivity index (χ0) is 21.8. The van der Waals surface area contributed by atoms with Gasteiger partial charge in [0.25, 0.3) is 0 Å². The average Bonchev–Trinajstić information content (AvgIpc) is 2.76. The van der Waals surface area contributed by atoms with E-state index in [4.69, 9.17) is 9.47 Å². The standard InChI is InChI=1S/C23H27FN2O4/c1-17(26-22(27)14-7-18-5-10-20(29-2)11-6-18)23(28)25-15-3-4-16-30-21-12-8-19(24)9-13-21/h5-14,17H,3-4,15-16H2,1-2H3,(H,25,28)(H,26,27)/b14-7+. The van der Waals surface area contributed by atoms with Crippen LogP contribution < -0.4 is 20.1 Å². The highest BCUT2D eigenvalue weighted by molar-refractivity contribution is 5.95. The van der Waals surface area contributed by atoms with Crippen molar-refractivity contribution < 1.29 is 23.5 Å². The number of hydrogen-bond donors (Lipinski definition) is 2. The molecule has 1 atom stereocenters. The highest BCUT2D eigenvalue weighted by Crippen LogP contribution is 2.12. The Kier molecular flexibility index (Phi) is 9.37. The lowest BCUT2D eigenvalue weighted by Gasteiger charge is -2.13. The molecule has 2 amide bonds. The topological polar surface area (TPSA) is 76.7 Å². The number of rotatable bonds is 11. The summed E-state index contributed by atoms with van der Waals surface area (Å²) >= 11 is 0. The fraction of sp³-hybridized carbons (Fsp3) is 0.304. The molecule has 1 unspecified atom stereocenters. The maximum atomic E-state index is 12.8. The normalized spacial score (nSPS) is 11.7. The van der Waals surface area contributed by atoms with Gasteiger partial charge in [0, 0.05) is 12.6 Å². The van der Waals surface area contributed by atoms with Gasteiger partial charge in [0.05, 0.1) is 13.7 Å². The maximum absolute atomic E-state index is 12.8. The van der Waals surface area contributed by atoms with E-state index in [1.54, 1.807) is 44.4 Å². The van der Waals surface area contributed by atoms with Gasteiger partial charge in [-0.3, -0.25) is 9.59 Å². The first-order valence-corrected chi connectivity index (χ1v) is 9.76. The zero-order valence-corrected chi connectivity index (χ0v) is 17.2. The third-order valence-electron chi connectivity index (χ3n) is 4.25. The molecule has 2 N–H and O–H groups in total. The molecule has 30 heavy (non-hydrogen) atoms. The number of amides is 2. The Morgan fingerprint density at radius 2 is 1.70 bits per heavy atom. The number of carbonyl (C=O) groups excluding carboxylic acids is 2. The van der Waals surface area contributed by atoms with Crippen molar-refractivity contribution in [2.45, 2.75) is 25.8 Å². The molecule has 0 saturated carbocycles. The molecule has 2 aromatic rings. The molecule has 0 heterocycles. The Labute approximate surface area is 176 Å². The van der Waals surface area contributed by atoms with E-state index in [2.05, 4.69) is 10.6 Å². The number of unbranched alkanes of at least 4 members (excludes halogenated alkanes) is 1. The van der Waals surface area contributed by atoms with Crippen molar-refractivity contribution in [3.05, 3.63) is 66.0 Å². The molecule has 6 nitrogen and oxygen atoms in total. The molecule has 0 aliphatic heterocycles. The third kappa shape index (κ3) is 8.34. The fourth-order valence-electron chi connectivity index (χ4n) is 2.53. The summed E-state index contributed by atoms with van der Waals surface area (Å²) in [5.41, 5.74) is 0.853. The van der Waals surface area contributed by atoms with E-state index in [0.717, 1.165) is 24.2 Å². The van der Waals surface area contributed by atoms with E-state index < -0.39 is 6.04 Å². The predicted octanol–water partition coefficient (Wildman–Crippen LogP) is 3.33. The molecule has 2 rings (SSSR count). The van der Waals surface area contributed by atoms with Gasteiger partial charge in [0.1, 0.15) is 23.4 Å². The molecular formula is C23H27FN2O4. The number of carbonyl (C=O) groups is 2. The summed E-state index contributed by atoms with van der Waals surface area (Å²) in [4.78, 5) is 24.1. The molecule has 0 bridgehead atoms. The molecule has 0 aromatic heterocycles. The molecule has 2 aromatic carbocycles. The van der Waals surface area contributed by atoms with Crippen molar-refractivity contribution >= 4 is 17.9 Å². The predicted molar refractivity (Wildman–Crippen MR) is 114 cm³/mol. The van der Waals surface area contributed by atoms with Crippen LogP contribution >= 0.6 is 0 Å². The lowest BCUT2D eigenvalue weighted by atomic mass is 10.2. The number of halogens is 1. The van der Waals surface area contributed by atoms with Crippen molar-refractivity contribution in [3.8, 4) is 11.5 Å². The molecule has 0 fully saturated rings. The van der Waals surface area contributed by atoms with Gasteiger partial charge in [-0.05, 0) is 67.8 Å². The summed E-state index contributed by atoms with van der Waals surface area (Å²) < 4.78 is 23.4. The van der Waals surface area contributed by atoms with E-state index in [-0.39, 0.29) is 17.6 Å². The van der Waals surface area contributed by atoms with Crippen LogP contribution in [0.25, 0.3) is 6.08 Å². The quantitative estimate of drug-likeness (QED) is 0.437. The minimum Gasteiger partial charge on any atom is -0.497 e. The highest BCUT2D eigenvalue weighted by atomic mass is 19.1. The van der Waals surface area contributed by atoms with Crippen LogP contribution in [0.2, 0.25) is 0 Å². The Balaban J connectivity index is 1.60. The lowest BCUT2D eigenvalue weighted by Crippen LogP contribution is -2.44. The molecule has 7 heteroatoms. The van der Waals surface area contributed by atoms with Crippen LogP contribution in [0.15, 0.2) is 54.6 Å². The second kappa shape index (κ2) is 12.3. The van der Waals surface area contributed by atoms with Gasteiger partial charge in [0.15, 0.2) is 0 Å². The summed E-state index contributed by atoms with van der Waals surface area (Å²) in [7, 11) is 1.59. The maximum Gasteiger partial charge on any atom is 0.244 e. The largest absolute Gasteiger partial charge is 0.497 e. The van der Waals surface area contributed by atoms with Gasteiger partial charge in [-0.25, -0.2) is 4.39 Å². The fourth-order valence-corrected chi connectivity index (χ4v) is 2.53. The van der Waals surface area contributed by atoms with E-state index in [9.17, 15) is 14.0 Å². The van der Waals surface area contributed by atoms with E-state index in [1.165, 1.54) is 18.2 Å². The summed E-state index contributed by atoms with van der Waals surface area (Å²) in [5, 5.41) is 5.42. The Morgan fingerprint density at radius 1 is 1.03 bits per heavy atom. The highest BCUT2D eigenvalue weighted by Gasteiger charge is 2.13. The van der Waals surface area contributed by atoms with Crippen molar-refractivity contribution in [2.75, 3.05) is 20.3 Å². The molecule has 160 valence electrons. The number of ether oxygens (including phenoxy) is 2.